The highest BCUT2D eigenvalue weighted by molar-refractivity contribution is 5.87. The van der Waals surface area contributed by atoms with E-state index in [0.717, 1.165) is 25.1 Å². The lowest BCUT2D eigenvalue weighted by atomic mass is 10.1. The number of benzene rings is 1. The number of nitrogens with two attached hydrogens (primary N) is 1. The maximum Gasteiger partial charge on any atom is 0.242 e. The van der Waals surface area contributed by atoms with Crippen LogP contribution in [0.2, 0.25) is 0 Å². The predicted molar refractivity (Wildman–Crippen MR) is 103 cm³/mol. The van der Waals surface area contributed by atoms with Crippen LogP contribution in [0.1, 0.15) is 37.9 Å². The molecule has 2 heterocycles. The highest BCUT2D eigenvalue weighted by Gasteiger charge is 2.38. The lowest BCUT2D eigenvalue weighted by Crippen LogP contribution is -2.50. The molecule has 0 aromatic heterocycles. The van der Waals surface area contributed by atoms with Crippen LogP contribution in [0.25, 0.3) is 0 Å². The number of rotatable bonds is 7. The zero-order valence-electron chi connectivity index (χ0n) is 16.1. The number of nitrogens with zero attached hydrogens (tertiary/aromatic N) is 1. The van der Waals surface area contributed by atoms with Gasteiger partial charge in [0.15, 0.2) is 0 Å². The summed E-state index contributed by atoms with van der Waals surface area (Å²) >= 11 is 0. The van der Waals surface area contributed by atoms with Crippen LogP contribution in [-0.2, 0) is 19.1 Å². The molecule has 8 heteroatoms. The van der Waals surface area contributed by atoms with Gasteiger partial charge in [0, 0.05) is 38.5 Å². The Hall–Kier alpha value is -2.45. The number of ether oxygens (including phenoxy) is 1. The van der Waals surface area contributed by atoms with Crippen LogP contribution in [0.15, 0.2) is 30.3 Å². The molecule has 8 nitrogen and oxygen atoms in total. The first kappa shape index (κ1) is 20.3. The Balaban J connectivity index is 1.55. The number of carbonyl (C=O) groups excluding carboxylic acids is 3. The van der Waals surface area contributed by atoms with E-state index in [9.17, 15) is 14.4 Å². The van der Waals surface area contributed by atoms with Crippen molar-refractivity contribution in [3.05, 3.63) is 35.9 Å². The van der Waals surface area contributed by atoms with Gasteiger partial charge in [-0.1, -0.05) is 30.3 Å². The third-order valence-electron chi connectivity index (χ3n) is 5.31. The number of carbonyl (C=O) groups is 3. The van der Waals surface area contributed by atoms with Gasteiger partial charge in [-0.15, -0.1) is 0 Å². The van der Waals surface area contributed by atoms with Crippen LogP contribution in [0.5, 0.6) is 0 Å². The quantitative estimate of drug-likeness (QED) is 0.612. The summed E-state index contributed by atoms with van der Waals surface area (Å²) in [5.74, 6) is -1.08. The Labute approximate surface area is 164 Å². The van der Waals surface area contributed by atoms with Crippen molar-refractivity contribution < 1.29 is 19.1 Å². The first-order chi connectivity index (χ1) is 13.4. The van der Waals surface area contributed by atoms with Gasteiger partial charge in [0.05, 0.1) is 12.7 Å². The molecular formula is C20H28N4O4. The number of hydrogen-bond acceptors (Lipinski definition) is 5. The summed E-state index contributed by atoms with van der Waals surface area (Å²) in [6.45, 7) is 3.51. The Kier molecular flexibility index (Phi) is 6.64. The minimum Gasteiger partial charge on any atom is -0.371 e. The van der Waals surface area contributed by atoms with Gasteiger partial charge in [-0.05, 0) is 18.4 Å². The van der Waals surface area contributed by atoms with E-state index in [2.05, 4.69) is 27.7 Å². The number of fused-ring (bicyclic) bond motifs is 1. The van der Waals surface area contributed by atoms with Gasteiger partial charge in [0.1, 0.15) is 6.04 Å². The highest BCUT2D eigenvalue weighted by Crippen LogP contribution is 2.30. The summed E-state index contributed by atoms with van der Waals surface area (Å²) in [4.78, 5) is 37.4. The van der Waals surface area contributed by atoms with Gasteiger partial charge in [-0.2, -0.15) is 0 Å². The fourth-order valence-corrected chi connectivity index (χ4v) is 3.95. The van der Waals surface area contributed by atoms with Crippen molar-refractivity contribution in [2.45, 2.75) is 50.4 Å². The molecule has 0 saturated carbocycles. The van der Waals surface area contributed by atoms with Crippen LogP contribution >= 0.6 is 0 Å². The molecule has 4 atom stereocenters. The van der Waals surface area contributed by atoms with E-state index in [-0.39, 0.29) is 42.8 Å². The average Bonchev–Trinajstić information content (AvgIpc) is 3.06. The fourth-order valence-electron chi connectivity index (χ4n) is 3.95. The van der Waals surface area contributed by atoms with Crippen LogP contribution in [0, 0.1) is 0 Å². The van der Waals surface area contributed by atoms with Crippen LogP contribution in [0.4, 0.5) is 0 Å². The molecule has 2 fully saturated rings. The van der Waals surface area contributed by atoms with Crippen molar-refractivity contribution in [3.8, 4) is 0 Å². The molecule has 0 unspecified atom stereocenters. The summed E-state index contributed by atoms with van der Waals surface area (Å²) in [5.41, 5.74) is 6.33. The van der Waals surface area contributed by atoms with Gasteiger partial charge in [0.2, 0.25) is 17.7 Å². The molecule has 2 aliphatic rings. The average molecular weight is 388 g/mol. The third kappa shape index (κ3) is 5.30. The first-order valence-electron chi connectivity index (χ1n) is 9.68. The minimum atomic E-state index is -0.754. The maximum atomic E-state index is 12.6. The molecule has 3 rings (SSSR count). The van der Waals surface area contributed by atoms with Crippen LogP contribution in [-0.4, -0.2) is 60.4 Å². The van der Waals surface area contributed by atoms with Crippen LogP contribution in [0.3, 0.4) is 0 Å². The van der Waals surface area contributed by atoms with Crippen molar-refractivity contribution in [2.24, 2.45) is 5.73 Å². The van der Waals surface area contributed by atoms with Crippen LogP contribution < -0.4 is 16.4 Å². The van der Waals surface area contributed by atoms with E-state index < -0.39 is 11.9 Å². The van der Waals surface area contributed by atoms with Gasteiger partial charge in [-0.3, -0.25) is 19.3 Å². The zero-order valence-corrected chi connectivity index (χ0v) is 16.1. The minimum absolute atomic E-state index is 0.0135. The molecule has 1 aromatic carbocycles. The molecule has 0 radical (unpaired) electrons. The Morgan fingerprint density at radius 1 is 1.25 bits per heavy atom. The second-order valence-corrected chi connectivity index (χ2v) is 7.54. The first-order valence-corrected chi connectivity index (χ1v) is 9.68. The summed E-state index contributed by atoms with van der Waals surface area (Å²) in [5, 5.41) is 5.62. The zero-order chi connectivity index (χ0) is 20.1. The smallest absolute Gasteiger partial charge is 0.242 e. The van der Waals surface area contributed by atoms with E-state index in [0.29, 0.717) is 6.61 Å². The van der Waals surface area contributed by atoms with Crippen molar-refractivity contribution in [3.63, 3.8) is 0 Å². The normalized spacial score (nSPS) is 25.5. The van der Waals surface area contributed by atoms with E-state index in [1.165, 1.54) is 6.92 Å². The molecular weight excluding hydrogens is 360 g/mol. The second-order valence-electron chi connectivity index (χ2n) is 7.54. The van der Waals surface area contributed by atoms with E-state index >= 15 is 0 Å². The summed E-state index contributed by atoms with van der Waals surface area (Å²) in [6.07, 6.45) is 1.08. The van der Waals surface area contributed by atoms with E-state index in [4.69, 9.17) is 10.5 Å². The van der Waals surface area contributed by atoms with Gasteiger partial charge in [-0.25, -0.2) is 0 Å². The predicted octanol–water partition coefficient (Wildman–Crippen LogP) is 0.0872. The van der Waals surface area contributed by atoms with Gasteiger partial charge >= 0.3 is 0 Å². The number of hydrogen-bond donors (Lipinski definition) is 3. The van der Waals surface area contributed by atoms with Gasteiger partial charge in [0.25, 0.3) is 0 Å². The molecule has 0 spiro atoms. The molecule has 1 aromatic rings. The third-order valence-corrected chi connectivity index (χ3v) is 5.31. The summed E-state index contributed by atoms with van der Waals surface area (Å²) in [7, 11) is 0. The molecule has 2 aliphatic heterocycles. The lowest BCUT2D eigenvalue weighted by Gasteiger charge is -2.35. The monoisotopic (exact) mass is 388 g/mol. The van der Waals surface area contributed by atoms with Crippen molar-refractivity contribution in [1.82, 2.24) is 15.5 Å². The molecule has 2 saturated heterocycles. The number of morpholine rings is 1. The molecule has 0 aliphatic carbocycles. The molecule has 28 heavy (non-hydrogen) atoms. The lowest BCUT2D eigenvalue weighted by molar-refractivity contribution is -0.129. The maximum absolute atomic E-state index is 12.6. The number of primary amides is 1. The number of nitrogens with one attached hydrogen (secondary N) is 2. The molecule has 3 amide bonds. The Morgan fingerprint density at radius 3 is 2.68 bits per heavy atom. The van der Waals surface area contributed by atoms with Gasteiger partial charge < -0.3 is 21.1 Å². The molecule has 0 bridgehead atoms. The SMILES string of the molecule is CC(=O)N[C@@H](CCC(N)=O)C(=O)N[C@H]1C[C@H]2CO[C@@H](c3ccccc3)CN2C1. The van der Waals surface area contributed by atoms with E-state index in [1.807, 2.05) is 18.2 Å². The molecule has 152 valence electrons. The highest BCUT2D eigenvalue weighted by atomic mass is 16.5. The Morgan fingerprint density at radius 2 is 2.00 bits per heavy atom. The van der Waals surface area contributed by atoms with Crippen molar-refractivity contribution in [2.75, 3.05) is 19.7 Å². The topological polar surface area (TPSA) is 114 Å². The largest absolute Gasteiger partial charge is 0.371 e. The van der Waals surface area contributed by atoms with Crippen molar-refractivity contribution in [1.29, 1.82) is 0 Å². The summed E-state index contributed by atoms with van der Waals surface area (Å²) in [6, 6.07) is 9.64. The van der Waals surface area contributed by atoms with Crippen molar-refractivity contribution >= 4 is 17.7 Å². The fraction of sp³-hybridized carbons (Fsp3) is 0.550. The Bertz CT molecular complexity index is 711. The standard InChI is InChI=1S/C20H28N4O4/c1-13(25)22-17(7-8-19(21)26)20(27)23-15-9-16-12-28-18(11-24(16)10-15)14-5-3-2-4-6-14/h2-6,15-18H,7-12H2,1H3,(H2,21,26)(H,22,25)(H,23,27)/t15-,16-,17-,18+/m0/s1. The number of amides is 3. The summed E-state index contributed by atoms with van der Waals surface area (Å²) < 4.78 is 6.03. The molecule has 4 N–H and O–H groups in total. The van der Waals surface area contributed by atoms with E-state index in [1.54, 1.807) is 0 Å². The second kappa shape index (κ2) is 9.16.